The van der Waals surface area contributed by atoms with Gasteiger partial charge >= 0.3 is 0 Å². The van der Waals surface area contributed by atoms with Gasteiger partial charge in [-0.1, -0.05) is 6.07 Å². The third-order valence-corrected chi connectivity index (χ3v) is 1.66. The van der Waals surface area contributed by atoms with Gasteiger partial charge in [0.25, 0.3) is 6.43 Å². The lowest BCUT2D eigenvalue weighted by molar-refractivity contribution is 0.146. The van der Waals surface area contributed by atoms with Gasteiger partial charge < -0.3 is 5.73 Å². The summed E-state index contributed by atoms with van der Waals surface area (Å²) < 4.78 is 24.2. The lowest BCUT2D eigenvalue weighted by Gasteiger charge is -2.04. The third-order valence-electron chi connectivity index (χ3n) is 1.66. The van der Waals surface area contributed by atoms with Crippen LogP contribution in [-0.4, -0.2) is 4.98 Å². The molecule has 0 fully saturated rings. The number of nitrogens with zero attached hydrogens (tertiary/aromatic N) is 1. The van der Waals surface area contributed by atoms with Crippen LogP contribution in [0.3, 0.4) is 0 Å². The highest BCUT2D eigenvalue weighted by Crippen LogP contribution is 2.17. The zero-order valence-electron chi connectivity index (χ0n) is 6.72. The summed E-state index contributed by atoms with van der Waals surface area (Å²) in [5, 5.41) is 0. The minimum atomic E-state index is -2.50. The van der Waals surface area contributed by atoms with E-state index in [4.69, 9.17) is 5.73 Å². The molecule has 1 aromatic rings. The molecule has 66 valence electrons. The first-order valence-electron chi connectivity index (χ1n) is 3.59. The van der Waals surface area contributed by atoms with Crippen molar-refractivity contribution < 1.29 is 8.78 Å². The van der Waals surface area contributed by atoms with Crippen molar-refractivity contribution in [2.45, 2.75) is 19.9 Å². The van der Waals surface area contributed by atoms with Crippen molar-refractivity contribution in [2.24, 2.45) is 5.73 Å². The van der Waals surface area contributed by atoms with Crippen LogP contribution in [0.15, 0.2) is 12.1 Å². The molecule has 0 aliphatic carbocycles. The summed E-state index contributed by atoms with van der Waals surface area (Å²) in [5.41, 5.74) is 6.54. The Labute approximate surface area is 69.4 Å². The molecule has 1 aromatic heterocycles. The molecule has 1 rings (SSSR count). The fraction of sp³-hybridized carbons (Fsp3) is 0.375. The minimum Gasteiger partial charge on any atom is -0.326 e. The molecule has 0 aliphatic heterocycles. The van der Waals surface area contributed by atoms with E-state index in [-0.39, 0.29) is 5.69 Å². The average Bonchev–Trinajstić information content (AvgIpc) is 2.04. The average molecular weight is 172 g/mol. The van der Waals surface area contributed by atoms with Crippen LogP contribution in [0.25, 0.3) is 0 Å². The summed E-state index contributed by atoms with van der Waals surface area (Å²) in [5.74, 6) is 0. The smallest absolute Gasteiger partial charge is 0.280 e. The number of pyridine rings is 1. The van der Waals surface area contributed by atoms with E-state index in [2.05, 4.69) is 4.98 Å². The Kier molecular flexibility index (Phi) is 2.70. The van der Waals surface area contributed by atoms with Crippen LogP contribution in [0, 0.1) is 6.92 Å². The van der Waals surface area contributed by atoms with Gasteiger partial charge in [-0.25, -0.2) is 8.78 Å². The second kappa shape index (κ2) is 3.58. The highest BCUT2D eigenvalue weighted by atomic mass is 19.3. The van der Waals surface area contributed by atoms with Crippen molar-refractivity contribution in [3.63, 3.8) is 0 Å². The summed E-state index contributed by atoms with van der Waals surface area (Å²) >= 11 is 0. The quantitative estimate of drug-likeness (QED) is 0.738. The van der Waals surface area contributed by atoms with Gasteiger partial charge in [0, 0.05) is 12.2 Å². The van der Waals surface area contributed by atoms with Gasteiger partial charge in [-0.3, -0.25) is 4.98 Å². The van der Waals surface area contributed by atoms with Gasteiger partial charge in [0.15, 0.2) is 0 Å². The lowest BCUT2D eigenvalue weighted by atomic mass is 10.2. The number of rotatable bonds is 2. The predicted molar refractivity (Wildman–Crippen MR) is 41.8 cm³/mol. The Hall–Kier alpha value is -1.03. The van der Waals surface area contributed by atoms with Crippen molar-refractivity contribution in [3.05, 3.63) is 29.1 Å². The monoisotopic (exact) mass is 172 g/mol. The van der Waals surface area contributed by atoms with Gasteiger partial charge in [-0.2, -0.15) is 0 Å². The molecule has 4 heteroatoms. The molecule has 0 aromatic carbocycles. The number of aromatic nitrogens is 1. The Bertz CT molecular complexity index is 274. The van der Waals surface area contributed by atoms with Gasteiger partial charge in [-0.15, -0.1) is 0 Å². The summed E-state index contributed by atoms with van der Waals surface area (Å²) in [6.07, 6.45) is -2.50. The SMILES string of the molecule is Cc1nc(C(F)F)ccc1CN. The molecule has 1 heterocycles. The molecular weight excluding hydrogens is 162 g/mol. The summed E-state index contributed by atoms with van der Waals surface area (Å²) in [6.45, 7) is 2.01. The van der Waals surface area contributed by atoms with Gasteiger partial charge in [0.1, 0.15) is 5.69 Å². The summed E-state index contributed by atoms with van der Waals surface area (Å²) in [6, 6.07) is 2.89. The third kappa shape index (κ3) is 1.76. The van der Waals surface area contributed by atoms with Crippen molar-refractivity contribution in [2.75, 3.05) is 0 Å². The second-order valence-electron chi connectivity index (χ2n) is 2.49. The van der Waals surface area contributed by atoms with Crippen molar-refractivity contribution in [1.29, 1.82) is 0 Å². The molecule has 0 spiro atoms. The number of hydrogen-bond acceptors (Lipinski definition) is 2. The summed E-state index contributed by atoms with van der Waals surface area (Å²) in [4.78, 5) is 3.71. The van der Waals surface area contributed by atoms with E-state index in [0.29, 0.717) is 12.2 Å². The van der Waals surface area contributed by atoms with Crippen molar-refractivity contribution in [3.8, 4) is 0 Å². The molecule has 12 heavy (non-hydrogen) atoms. The highest BCUT2D eigenvalue weighted by molar-refractivity contribution is 5.22. The van der Waals surface area contributed by atoms with Crippen LogP contribution in [0.5, 0.6) is 0 Å². The molecule has 0 aliphatic rings. The van der Waals surface area contributed by atoms with E-state index in [9.17, 15) is 8.78 Å². The van der Waals surface area contributed by atoms with E-state index >= 15 is 0 Å². The van der Waals surface area contributed by atoms with Crippen molar-refractivity contribution >= 4 is 0 Å². The van der Waals surface area contributed by atoms with Crippen LogP contribution in [0.2, 0.25) is 0 Å². The molecule has 0 bridgehead atoms. The first-order valence-corrected chi connectivity index (χ1v) is 3.59. The first kappa shape index (κ1) is 9.06. The molecule has 0 amide bonds. The van der Waals surface area contributed by atoms with Crippen LogP contribution >= 0.6 is 0 Å². The minimum absolute atomic E-state index is 0.190. The zero-order chi connectivity index (χ0) is 9.14. The number of alkyl halides is 2. The largest absolute Gasteiger partial charge is 0.326 e. The molecule has 0 radical (unpaired) electrons. The van der Waals surface area contributed by atoms with E-state index in [1.165, 1.54) is 6.07 Å². The standard InChI is InChI=1S/C8H10F2N2/c1-5-6(4-11)2-3-7(12-5)8(9)10/h2-3,8H,4,11H2,1H3. The van der Waals surface area contributed by atoms with Crippen molar-refractivity contribution in [1.82, 2.24) is 4.98 Å². The fourth-order valence-electron chi connectivity index (χ4n) is 0.947. The molecule has 0 atom stereocenters. The molecule has 0 saturated heterocycles. The first-order chi connectivity index (χ1) is 5.65. The Balaban J connectivity index is 3.02. The van der Waals surface area contributed by atoms with Gasteiger partial charge in [0.2, 0.25) is 0 Å². The normalized spacial score (nSPS) is 10.8. The Morgan fingerprint density at radius 2 is 2.17 bits per heavy atom. The fourth-order valence-corrected chi connectivity index (χ4v) is 0.947. The van der Waals surface area contributed by atoms with Crippen LogP contribution in [-0.2, 0) is 6.54 Å². The lowest BCUT2D eigenvalue weighted by Crippen LogP contribution is -2.02. The van der Waals surface area contributed by atoms with Crippen LogP contribution in [0.4, 0.5) is 8.78 Å². The van der Waals surface area contributed by atoms with E-state index < -0.39 is 6.43 Å². The predicted octanol–water partition coefficient (Wildman–Crippen LogP) is 1.79. The Morgan fingerprint density at radius 3 is 2.58 bits per heavy atom. The van der Waals surface area contributed by atoms with Crippen LogP contribution in [0.1, 0.15) is 23.4 Å². The molecule has 0 unspecified atom stereocenters. The van der Waals surface area contributed by atoms with Gasteiger partial charge in [-0.05, 0) is 18.6 Å². The molecule has 0 saturated carbocycles. The van der Waals surface area contributed by atoms with Gasteiger partial charge in [0.05, 0.1) is 0 Å². The molecule has 2 nitrogen and oxygen atoms in total. The number of nitrogens with two attached hydrogens (primary N) is 1. The highest BCUT2D eigenvalue weighted by Gasteiger charge is 2.09. The number of halogens is 2. The maximum absolute atomic E-state index is 12.1. The maximum Gasteiger partial charge on any atom is 0.280 e. The Morgan fingerprint density at radius 1 is 1.50 bits per heavy atom. The van der Waals surface area contributed by atoms with Crippen LogP contribution < -0.4 is 5.73 Å². The topological polar surface area (TPSA) is 38.9 Å². The van der Waals surface area contributed by atoms with E-state index in [1.54, 1.807) is 13.0 Å². The second-order valence-corrected chi connectivity index (χ2v) is 2.49. The molecule has 2 N–H and O–H groups in total. The van der Waals surface area contributed by atoms with E-state index in [0.717, 1.165) is 5.56 Å². The zero-order valence-corrected chi connectivity index (χ0v) is 6.72. The maximum atomic E-state index is 12.1. The van der Waals surface area contributed by atoms with E-state index in [1.807, 2.05) is 0 Å². The molecular formula is C8H10F2N2. The summed E-state index contributed by atoms with van der Waals surface area (Å²) in [7, 11) is 0. The number of aryl methyl sites for hydroxylation is 1. The number of hydrogen-bond donors (Lipinski definition) is 1.